The number of nitrogens with one attached hydrogen (secondary N) is 1. The van der Waals surface area contributed by atoms with Crippen molar-refractivity contribution >= 4 is 23.2 Å². The zero-order valence-corrected chi connectivity index (χ0v) is 12.7. The summed E-state index contributed by atoms with van der Waals surface area (Å²) < 4.78 is 0. The number of hydrogen-bond acceptors (Lipinski definition) is 3. The van der Waals surface area contributed by atoms with Gasteiger partial charge in [0.15, 0.2) is 0 Å². The van der Waals surface area contributed by atoms with Crippen LogP contribution >= 0.6 is 11.3 Å². The zero-order valence-electron chi connectivity index (χ0n) is 11.9. The fourth-order valence-electron chi connectivity index (χ4n) is 2.66. The second-order valence-corrected chi connectivity index (χ2v) is 6.62. The van der Waals surface area contributed by atoms with Gasteiger partial charge in [-0.2, -0.15) is 11.3 Å². The molecule has 0 aliphatic heterocycles. The molecular formula is C15H21NO3S. The van der Waals surface area contributed by atoms with Gasteiger partial charge in [-0.15, -0.1) is 0 Å². The Morgan fingerprint density at radius 1 is 1.45 bits per heavy atom. The van der Waals surface area contributed by atoms with Crippen LogP contribution in [-0.4, -0.2) is 22.5 Å². The van der Waals surface area contributed by atoms with E-state index in [1.807, 2.05) is 23.8 Å². The molecule has 2 N–H and O–H groups in total. The highest BCUT2D eigenvalue weighted by molar-refractivity contribution is 7.08. The monoisotopic (exact) mass is 295 g/mol. The number of aliphatic carboxylic acids is 1. The van der Waals surface area contributed by atoms with Crippen molar-refractivity contribution in [2.75, 3.05) is 0 Å². The molecule has 20 heavy (non-hydrogen) atoms. The van der Waals surface area contributed by atoms with Crippen molar-refractivity contribution in [2.24, 2.45) is 5.92 Å². The normalized spacial score (nSPS) is 27.8. The van der Waals surface area contributed by atoms with Crippen molar-refractivity contribution in [3.63, 3.8) is 0 Å². The van der Waals surface area contributed by atoms with Crippen LogP contribution in [0.15, 0.2) is 16.8 Å². The van der Waals surface area contributed by atoms with Crippen molar-refractivity contribution in [1.82, 2.24) is 5.32 Å². The molecule has 1 heterocycles. The number of carbonyl (C=O) groups excluding carboxylic acids is 1. The minimum atomic E-state index is -1.08. The summed E-state index contributed by atoms with van der Waals surface area (Å²) in [4.78, 5) is 23.9. The lowest BCUT2D eigenvalue weighted by atomic mass is 9.77. The largest absolute Gasteiger partial charge is 0.480 e. The first-order chi connectivity index (χ1) is 9.44. The number of hydrogen-bond donors (Lipinski definition) is 2. The van der Waals surface area contributed by atoms with Crippen LogP contribution in [0.2, 0.25) is 0 Å². The average Bonchev–Trinajstić information content (AvgIpc) is 2.94. The molecule has 0 bridgehead atoms. The highest BCUT2D eigenvalue weighted by Gasteiger charge is 2.43. The SMILES string of the molecule is CC1CCC(NC(=O)C(C)c2ccsc2)(C(=O)O)CC1. The summed E-state index contributed by atoms with van der Waals surface area (Å²) >= 11 is 1.54. The van der Waals surface area contributed by atoms with Crippen molar-refractivity contribution in [1.29, 1.82) is 0 Å². The lowest BCUT2D eigenvalue weighted by Crippen LogP contribution is -2.57. The highest BCUT2D eigenvalue weighted by Crippen LogP contribution is 2.33. The van der Waals surface area contributed by atoms with Gasteiger partial charge in [0.1, 0.15) is 5.54 Å². The third kappa shape index (κ3) is 3.03. The van der Waals surface area contributed by atoms with E-state index >= 15 is 0 Å². The molecule has 4 nitrogen and oxygen atoms in total. The third-order valence-corrected chi connectivity index (χ3v) is 5.04. The Labute approximate surface area is 123 Å². The lowest BCUT2D eigenvalue weighted by molar-refractivity contribution is -0.149. The van der Waals surface area contributed by atoms with Crippen LogP contribution in [0.5, 0.6) is 0 Å². The van der Waals surface area contributed by atoms with Crippen LogP contribution < -0.4 is 5.32 Å². The van der Waals surface area contributed by atoms with E-state index in [0.717, 1.165) is 18.4 Å². The molecule has 1 amide bonds. The molecule has 1 aromatic rings. The smallest absolute Gasteiger partial charge is 0.329 e. The number of carbonyl (C=O) groups is 2. The first-order valence-corrected chi connectivity index (χ1v) is 7.96. The summed E-state index contributed by atoms with van der Waals surface area (Å²) in [7, 11) is 0. The first kappa shape index (κ1) is 15.0. The minimum Gasteiger partial charge on any atom is -0.480 e. The second kappa shape index (κ2) is 5.95. The van der Waals surface area contributed by atoms with Crippen LogP contribution in [-0.2, 0) is 9.59 Å². The van der Waals surface area contributed by atoms with E-state index in [9.17, 15) is 14.7 Å². The Bertz CT molecular complexity index is 475. The number of carboxylic acid groups (broad SMARTS) is 1. The maximum atomic E-state index is 12.3. The Morgan fingerprint density at radius 3 is 2.60 bits per heavy atom. The zero-order chi connectivity index (χ0) is 14.8. The van der Waals surface area contributed by atoms with E-state index in [1.165, 1.54) is 0 Å². The quantitative estimate of drug-likeness (QED) is 0.897. The summed E-state index contributed by atoms with van der Waals surface area (Å²) in [5.41, 5.74) is -0.134. The molecular weight excluding hydrogens is 274 g/mol. The lowest BCUT2D eigenvalue weighted by Gasteiger charge is -2.37. The summed E-state index contributed by atoms with van der Waals surface area (Å²) in [6.07, 6.45) is 2.73. The molecule has 0 radical (unpaired) electrons. The molecule has 110 valence electrons. The van der Waals surface area contributed by atoms with Crippen LogP contribution in [0.4, 0.5) is 0 Å². The number of carboxylic acids is 1. The standard InChI is InChI=1S/C15H21NO3S/c1-10-3-6-15(7-4-10,14(18)19)16-13(17)11(2)12-5-8-20-9-12/h5,8-11H,3-4,6-7H2,1-2H3,(H,16,17)(H,18,19). The number of rotatable bonds is 4. The van der Waals surface area contributed by atoms with E-state index in [2.05, 4.69) is 12.2 Å². The molecule has 1 atom stereocenters. The third-order valence-electron chi connectivity index (χ3n) is 4.34. The van der Waals surface area contributed by atoms with Gasteiger partial charge in [0.25, 0.3) is 0 Å². The van der Waals surface area contributed by atoms with Gasteiger partial charge in [0.05, 0.1) is 5.92 Å². The Morgan fingerprint density at radius 2 is 2.10 bits per heavy atom. The van der Waals surface area contributed by atoms with E-state index in [-0.39, 0.29) is 11.8 Å². The van der Waals surface area contributed by atoms with E-state index in [1.54, 1.807) is 11.3 Å². The van der Waals surface area contributed by atoms with Crippen molar-refractivity contribution in [3.05, 3.63) is 22.4 Å². The topological polar surface area (TPSA) is 66.4 Å². The van der Waals surface area contributed by atoms with Gasteiger partial charge in [-0.1, -0.05) is 6.92 Å². The highest BCUT2D eigenvalue weighted by atomic mass is 32.1. The van der Waals surface area contributed by atoms with E-state index in [4.69, 9.17) is 0 Å². The van der Waals surface area contributed by atoms with Gasteiger partial charge >= 0.3 is 5.97 Å². The fourth-order valence-corrected chi connectivity index (χ4v) is 3.42. The molecule has 1 unspecified atom stereocenters. The summed E-state index contributed by atoms with van der Waals surface area (Å²) in [6, 6.07) is 1.91. The molecule has 1 aliphatic carbocycles. The van der Waals surface area contributed by atoms with Gasteiger partial charge in [-0.3, -0.25) is 4.79 Å². The van der Waals surface area contributed by atoms with Crippen molar-refractivity contribution in [2.45, 2.75) is 51.0 Å². The molecule has 1 saturated carbocycles. The van der Waals surface area contributed by atoms with Gasteiger partial charge in [-0.25, -0.2) is 4.79 Å². The number of thiophene rings is 1. The van der Waals surface area contributed by atoms with Crippen LogP contribution in [0.3, 0.4) is 0 Å². The van der Waals surface area contributed by atoms with Gasteiger partial charge < -0.3 is 10.4 Å². The number of amides is 1. The fraction of sp³-hybridized carbons (Fsp3) is 0.600. The van der Waals surface area contributed by atoms with Crippen molar-refractivity contribution < 1.29 is 14.7 Å². The molecule has 2 rings (SSSR count). The predicted octanol–water partition coefficient (Wildman–Crippen LogP) is 3.00. The molecule has 0 saturated heterocycles. The summed E-state index contributed by atoms with van der Waals surface area (Å²) in [6.45, 7) is 3.94. The van der Waals surface area contributed by atoms with Gasteiger partial charge in [0, 0.05) is 0 Å². The molecule has 1 aliphatic rings. The van der Waals surface area contributed by atoms with Crippen LogP contribution in [0, 0.1) is 5.92 Å². The van der Waals surface area contributed by atoms with Crippen molar-refractivity contribution in [3.8, 4) is 0 Å². The molecule has 0 spiro atoms. The Balaban J connectivity index is 2.09. The predicted molar refractivity (Wildman–Crippen MR) is 78.9 cm³/mol. The van der Waals surface area contributed by atoms with Crippen LogP contribution in [0.1, 0.15) is 51.0 Å². The Kier molecular flexibility index (Phi) is 4.48. The maximum absolute atomic E-state index is 12.3. The second-order valence-electron chi connectivity index (χ2n) is 5.84. The molecule has 5 heteroatoms. The Hall–Kier alpha value is -1.36. The summed E-state index contributed by atoms with van der Waals surface area (Å²) in [5.74, 6) is -0.874. The molecule has 1 aromatic heterocycles. The maximum Gasteiger partial charge on any atom is 0.329 e. The van der Waals surface area contributed by atoms with Gasteiger partial charge in [0.2, 0.25) is 5.91 Å². The van der Waals surface area contributed by atoms with Crippen LogP contribution in [0.25, 0.3) is 0 Å². The summed E-state index contributed by atoms with van der Waals surface area (Å²) in [5, 5.41) is 16.2. The molecule has 0 aromatic carbocycles. The van der Waals surface area contributed by atoms with E-state index in [0.29, 0.717) is 18.8 Å². The minimum absolute atomic E-state index is 0.194. The van der Waals surface area contributed by atoms with Gasteiger partial charge in [-0.05, 0) is 60.9 Å². The van der Waals surface area contributed by atoms with E-state index < -0.39 is 11.5 Å². The molecule has 1 fully saturated rings. The average molecular weight is 295 g/mol. The first-order valence-electron chi connectivity index (χ1n) is 7.02.